The third kappa shape index (κ3) is 3.54. The van der Waals surface area contributed by atoms with Crippen LogP contribution in [-0.2, 0) is 0 Å². The Kier molecular flexibility index (Phi) is 3.98. The highest BCUT2D eigenvalue weighted by Gasteiger charge is 2.12. The van der Waals surface area contributed by atoms with Gasteiger partial charge in [-0.1, -0.05) is 46.1 Å². The Morgan fingerprint density at radius 1 is 1.42 bits per heavy atom. The van der Waals surface area contributed by atoms with Crippen LogP contribution < -0.4 is 5.73 Å². The average molecular weight is 165 g/mol. The van der Waals surface area contributed by atoms with Crippen molar-refractivity contribution in [2.24, 2.45) is 11.1 Å². The van der Waals surface area contributed by atoms with Gasteiger partial charge in [-0.3, -0.25) is 0 Å². The molecule has 0 aromatic heterocycles. The molecule has 0 aliphatic rings. The molecular formula is C11H19N. The van der Waals surface area contributed by atoms with E-state index in [4.69, 9.17) is 5.73 Å². The summed E-state index contributed by atoms with van der Waals surface area (Å²) in [4.78, 5) is 0. The van der Waals surface area contributed by atoms with Crippen molar-refractivity contribution in [3.05, 3.63) is 36.5 Å². The van der Waals surface area contributed by atoms with Crippen LogP contribution in [0.2, 0.25) is 0 Å². The molecule has 0 heterocycles. The van der Waals surface area contributed by atoms with Crippen molar-refractivity contribution >= 4 is 0 Å². The van der Waals surface area contributed by atoms with Crippen LogP contribution in [0, 0.1) is 5.41 Å². The van der Waals surface area contributed by atoms with E-state index in [0.29, 0.717) is 6.54 Å². The van der Waals surface area contributed by atoms with E-state index in [9.17, 15) is 0 Å². The fourth-order valence-electron chi connectivity index (χ4n) is 0.641. The molecule has 0 rings (SSSR count). The van der Waals surface area contributed by atoms with Crippen molar-refractivity contribution < 1.29 is 0 Å². The van der Waals surface area contributed by atoms with E-state index >= 15 is 0 Å². The smallest absolute Gasteiger partial charge is 0.0177 e. The van der Waals surface area contributed by atoms with Gasteiger partial charge in [-0.25, -0.2) is 0 Å². The lowest BCUT2D eigenvalue weighted by Crippen LogP contribution is -2.08. The summed E-state index contributed by atoms with van der Waals surface area (Å²) in [7, 11) is 0. The van der Waals surface area contributed by atoms with Gasteiger partial charge in [0.2, 0.25) is 0 Å². The van der Waals surface area contributed by atoms with E-state index in [0.717, 1.165) is 11.1 Å². The molecule has 0 aromatic rings. The topological polar surface area (TPSA) is 26.0 Å². The normalized spacial score (nSPS) is 12.8. The molecule has 12 heavy (non-hydrogen) atoms. The number of hydrogen-bond acceptors (Lipinski definition) is 1. The van der Waals surface area contributed by atoms with Crippen LogP contribution in [0.15, 0.2) is 36.5 Å². The third-order valence-electron chi connectivity index (χ3n) is 1.82. The van der Waals surface area contributed by atoms with Gasteiger partial charge < -0.3 is 5.73 Å². The van der Waals surface area contributed by atoms with E-state index in [1.54, 1.807) is 6.08 Å². The number of nitrogens with two attached hydrogens (primary N) is 1. The van der Waals surface area contributed by atoms with Crippen LogP contribution >= 0.6 is 0 Å². The maximum atomic E-state index is 5.49. The second-order valence-corrected chi connectivity index (χ2v) is 3.90. The standard InChI is InChI=1S/C11H19N/c1-6-10(8-12)7-9(2)11(3,4)5/h6-7H,1-2,8,12H2,3-5H3/b10-7+. The van der Waals surface area contributed by atoms with E-state index in [1.165, 1.54) is 0 Å². The zero-order valence-electron chi connectivity index (χ0n) is 8.35. The van der Waals surface area contributed by atoms with Crippen molar-refractivity contribution in [1.82, 2.24) is 0 Å². The molecule has 0 atom stereocenters. The molecule has 0 bridgehead atoms. The Bertz CT molecular complexity index is 204. The third-order valence-corrected chi connectivity index (χ3v) is 1.82. The fraction of sp³-hybridized carbons (Fsp3) is 0.455. The molecule has 0 saturated heterocycles. The molecule has 0 unspecified atom stereocenters. The molecular weight excluding hydrogens is 146 g/mol. The number of rotatable bonds is 3. The van der Waals surface area contributed by atoms with Crippen molar-refractivity contribution in [2.75, 3.05) is 6.54 Å². The lowest BCUT2D eigenvalue weighted by atomic mass is 9.86. The Morgan fingerprint density at radius 3 is 2.17 bits per heavy atom. The molecule has 1 nitrogen and oxygen atoms in total. The van der Waals surface area contributed by atoms with Gasteiger partial charge in [0, 0.05) is 6.54 Å². The van der Waals surface area contributed by atoms with Crippen molar-refractivity contribution in [1.29, 1.82) is 0 Å². The Hall–Kier alpha value is -0.820. The molecule has 1 heteroatoms. The van der Waals surface area contributed by atoms with Gasteiger partial charge in [0.05, 0.1) is 0 Å². The monoisotopic (exact) mass is 165 g/mol. The highest BCUT2D eigenvalue weighted by Crippen LogP contribution is 2.25. The molecule has 0 aliphatic carbocycles. The van der Waals surface area contributed by atoms with Crippen molar-refractivity contribution in [2.45, 2.75) is 20.8 Å². The lowest BCUT2D eigenvalue weighted by molar-refractivity contribution is 0.518. The van der Waals surface area contributed by atoms with Crippen LogP contribution in [-0.4, -0.2) is 6.54 Å². The van der Waals surface area contributed by atoms with Gasteiger partial charge in [0.1, 0.15) is 0 Å². The van der Waals surface area contributed by atoms with E-state index in [-0.39, 0.29) is 5.41 Å². The zero-order valence-corrected chi connectivity index (χ0v) is 8.35. The summed E-state index contributed by atoms with van der Waals surface area (Å²) < 4.78 is 0. The summed E-state index contributed by atoms with van der Waals surface area (Å²) in [5.41, 5.74) is 7.73. The Labute approximate surface area is 75.7 Å². The predicted octanol–water partition coefficient (Wildman–Crippen LogP) is 2.66. The first-order valence-electron chi connectivity index (χ1n) is 4.14. The quantitative estimate of drug-likeness (QED) is 0.639. The number of hydrogen-bond donors (Lipinski definition) is 1. The van der Waals surface area contributed by atoms with Gasteiger partial charge in [-0.2, -0.15) is 0 Å². The average Bonchev–Trinajstić information content (AvgIpc) is 1.97. The largest absolute Gasteiger partial charge is 0.326 e. The van der Waals surface area contributed by atoms with Crippen LogP contribution in [0.5, 0.6) is 0 Å². The highest BCUT2D eigenvalue weighted by atomic mass is 14.5. The van der Waals surface area contributed by atoms with E-state index in [1.807, 2.05) is 6.08 Å². The van der Waals surface area contributed by atoms with Gasteiger partial charge in [-0.15, -0.1) is 0 Å². The Morgan fingerprint density at radius 2 is 1.92 bits per heavy atom. The van der Waals surface area contributed by atoms with Crippen LogP contribution in [0.4, 0.5) is 0 Å². The van der Waals surface area contributed by atoms with Gasteiger partial charge in [0.25, 0.3) is 0 Å². The van der Waals surface area contributed by atoms with Crippen LogP contribution in [0.25, 0.3) is 0 Å². The molecule has 68 valence electrons. The van der Waals surface area contributed by atoms with Gasteiger partial charge in [0.15, 0.2) is 0 Å². The SMILES string of the molecule is C=C/C(=C\C(=C)C(C)(C)C)CN. The minimum absolute atomic E-state index is 0.115. The molecule has 0 amide bonds. The maximum Gasteiger partial charge on any atom is 0.0177 e. The summed E-state index contributed by atoms with van der Waals surface area (Å²) in [6.45, 7) is 14.6. The second-order valence-electron chi connectivity index (χ2n) is 3.90. The molecule has 0 spiro atoms. The molecule has 0 fully saturated rings. The first kappa shape index (κ1) is 11.2. The van der Waals surface area contributed by atoms with E-state index in [2.05, 4.69) is 33.9 Å². The minimum atomic E-state index is 0.115. The van der Waals surface area contributed by atoms with E-state index < -0.39 is 0 Å². The highest BCUT2D eigenvalue weighted by molar-refractivity contribution is 5.31. The first-order valence-corrected chi connectivity index (χ1v) is 4.14. The van der Waals surface area contributed by atoms with Gasteiger partial charge >= 0.3 is 0 Å². The van der Waals surface area contributed by atoms with Crippen molar-refractivity contribution in [3.63, 3.8) is 0 Å². The van der Waals surface area contributed by atoms with Crippen LogP contribution in [0.1, 0.15) is 20.8 Å². The molecule has 0 radical (unpaired) electrons. The Balaban J connectivity index is 4.53. The fourth-order valence-corrected chi connectivity index (χ4v) is 0.641. The molecule has 0 aromatic carbocycles. The minimum Gasteiger partial charge on any atom is -0.326 e. The molecule has 0 saturated carbocycles. The summed E-state index contributed by atoms with van der Waals surface area (Å²) in [5.74, 6) is 0. The molecule has 2 N–H and O–H groups in total. The summed E-state index contributed by atoms with van der Waals surface area (Å²) in [5, 5.41) is 0. The second kappa shape index (κ2) is 4.27. The first-order chi connectivity index (χ1) is 5.41. The summed E-state index contributed by atoms with van der Waals surface area (Å²) >= 11 is 0. The summed E-state index contributed by atoms with van der Waals surface area (Å²) in [6, 6.07) is 0. The molecule has 0 aliphatic heterocycles. The maximum absolute atomic E-state index is 5.49. The van der Waals surface area contributed by atoms with Gasteiger partial charge in [-0.05, 0) is 16.6 Å². The van der Waals surface area contributed by atoms with Crippen molar-refractivity contribution in [3.8, 4) is 0 Å². The zero-order chi connectivity index (χ0) is 9.78. The number of allylic oxidation sites excluding steroid dienone is 2. The lowest BCUT2D eigenvalue weighted by Gasteiger charge is -2.19. The summed E-state index contributed by atoms with van der Waals surface area (Å²) in [6.07, 6.45) is 3.78. The van der Waals surface area contributed by atoms with Crippen LogP contribution in [0.3, 0.4) is 0 Å². The predicted molar refractivity (Wildman–Crippen MR) is 55.9 cm³/mol.